The highest BCUT2D eigenvalue weighted by Crippen LogP contribution is 2.15. The molecule has 1 fully saturated rings. The number of nitrogens with zero attached hydrogens (tertiary/aromatic N) is 2. The van der Waals surface area contributed by atoms with Gasteiger partial charge in [-0.05, 0) is 45.6 Å². The number of aliphatic imine (C=N–C) groups is 1. The first-order valence-corrected chi connectivity index (χ1v) is 12.0. The van der Waals surface area contributed by atoms with Gasteiger partial charge >= 0.3 is 6.09 Å². The summed E-state index contributed by atoms with van der Waals surface area (Å²) in [5.41, 5.74) is -0.533. The largest absolute Gasteiger partial charge is 0.444 e. The van der Waals surface area contributed by atoms with Crippen molar-refractivity contribution in [2.75, 3.05) is 32.7 Å². The van der Waals surface area contributed by atoms with Gasteiger partial charge in [0.15, 0.2) is 5.96 Å². The van der Waals surface area contributed by atoms with E-state index in [4.69, 9.17) is 4.74 Å². The van der Waals surface area contributed by atoms with E-state index < -0.39 is 21.7 Å². The summed E-state index contributed by atoms with van der Waals surface area (Å²) in [5.74, 6) is 0.705. The Bertz CT molecular complexity index is 788. The lowest BCUT2D eigenvalue weighted by molar-refractivity contribution is 0.0507. The van der Waals surface area contributed by atoms with Gasteiger partial charge in [0.1, 0.15) is 9.81 Å². The van der Waals surface area contributed by atoms with E-state index in [2.05, 4.69) is 25.2 Å². The third kappa shape index (κ3) is 7.82. The third-order valence-corrected chi connectivity index (χ3v) is 6.83. The minimum atomic E-state index is -3.48. The molecule has 2 heterocycles. The first kappa shape index (κ1) is 23.4. The van der Waals surface area contributed by atoms with E-state index in [9.17, 15) is 13.2 Å². The van der Waals surface area contributed by atoms with Crippen LogP contribution in [0.2, 0.25) is 0 Å². The molecule has 0 spiro atoms. The molecular weight excluding hydrogens is 414 g/mol. The van der Waals surface area contributed by atoms with Gasteiger partial charge in [-0.2, -0.15) is 0 Å². The minimum Gasteiger partial charge on any atom is -0.444 e. The summed E-state index contributed by atoms with van der Waals surface area (Å²) in [4.78, 5) is 18.5. The Kier molecular flexibility index (Phi) is 8.29. The Balaban J connectivity index is 1.85. The van der Waals surface area contributed by atoms with E-state index in [1.54, 1.807) is 17.5 Å². The zero-order valence-corrected chi connectivity index (χ0v) is 19.0. The van der Waals surface area contributed by atoms with E-state index in [1.807, 2.05) is 27.7 Å². The molecule has 1 saturated heterocycles. The van der Waals surface area contributed by atoms with Gasteiger partial charge in [0, 0.05) is 26.2 Å². The summed E-state index contributed by atoms with van der Waals surface area (Å²) in [6, 6.07) is 3.25. The van der Waals surface area contributed by atoms with Crippen LogP contribution in [0.1, 0.15) is 34.1 Å². The predicted octanol–water partition coefficient (Wildman–Crippen LogP) is 1.59. The number of sulfonamides is 1. The lowest BCUT2D eigenvalue weighted by Gasteiger charge is -2.23. The van der Waals surface area contributed by atoms with Crippen LogP contribution in [0.25, 0.3) is 0 Å². The maximum Gasteiger partial charge on any atom is 0.407 e. The van der Waals surface area contributed by atoms with Gasteiger partial charge in [0.05, 0.1) is 12.6 Å². The third-order valence-electron chi connectivity index (χ3n) is 3.97. The number of carbonyl (C=O) groups excluding carboxylic acids is 1. The van der Waals surface area contributed by atoms with Crippen LogP contribution in [-0.4, -0.2) is 69.7 Å². The highest BCUT2D eigenvalue weighted by molar-refractivity contribution is 7.91. The molecule has 11 heteroatoms. The van der Waals surface area contributed by atoms with Crippen molar-refractivity contribution in [3.05, 3.63) is 17.5 Å². The van der Waals surface area contributed by atoms with E-state index in [-0.39, 0.29) is 12.6 Å². The Morgan fingerprint density at radius 2 is 2.17 bits per heavy atom. The van der Waals surface area contributed by atoms with Crippen molar-refractivity contribution < 1.29 is 17.9 Å². The summed E-state index contributed by atoms with van der Waals surface area (Å²) in [6.45, 7) is 10.0. The number of guanidine groups is 1. The van der Waals surface area contributed by atoms with Crippen molar-refractivity contribution in [2.24, 2.45) is 4.99 Å². The molecule has 0 saturated carbocycles. The number of thiophene rings is 1. The molecule has 29 heavy (non-hydrogen) atoms. The highest BCUT2D eigenvalue weighted by Gasteiger charge is 2.27. The first-order valence-electron chi connectivity index (χ1n) is 9.66. The fraction of sp³-hybridized carbons (Fsp3) is 0.667. The van der Waals surface area contributed by atoms with Crippen LogP contribution in [0, 0.1) is 0 Å². The summed E-state index contributed by atoms with van der Waals surface area (Å²) in [5, 5.41) is 7.83. The van der Waals surface area contributed by atoms with E-state index in [0.29, 0.717) is 29.8 Å². The molecule has 164 valence electrons. The Morgan fingerprint density at radius 1 is 1.41 bits per heavy atom. The van der Waals surface area contributed by atoms with Crippen LogP contribution in [0.3, 0.4) is 0 Å². The van der Waals surface area contributed by atoms with Crippen molar-refractivity contribution in [3.63, 3.8) is 0 Å². The number of nitrogens with one attached hydrogen (secondary N) is 3. The molecule has 1 atom stereocenters. The topological polar surface area (TPSA) is 112 Å². The van der Waals surface area contributed by atoms with Gasteiger partial charge in [-0.1, -0.05) is 6.07 Å². The Hall–Kier alpha value is -1.85. The SMILES string of the molecule is CCNC(=NCCNS(=O)(=O)c1cccs1)N1CCC(NC(=O)OC(C)(C)C)C1. The zero-order chi connectivity index (χ0) is 21.5. The standard InChI is InChI=1S/C18H31N5O4S2/c1-5-19-16(20-9-10-21-29(25,26)15-7-6-12-28-15)23-11-8-14(13-23)22-17(24)27-18(2,3)4/h6-7,12,14,21H,5,8-11,13H2,1-4H3,(H,19,20)(H,22,24). The van der Waals surface area contributed by atoms with Gasteiger partial charge < -0.3 is 20.3 Å². The van der Waals surface area contributed by atoms with E-state index >= 15 is 0 Å². The van der Waals surface area contributed by atoms with Crippen molar-refractivity contribution in [1.29, 1.82) is 0 Å². The van der Waals surface area contributed by atoms with E-state index in [0.717, 1.165) is 13.0 Å². The van der Waals surface area contributed by atoms with Crippen molar-refractivity contribution in [1.82, 2.24) is 20.3 Å². The number of amides is 1. The quantitative estimate of drug-likeness (QED) is 0.334. The number of hydrogen-bond acceptors (Lipinski definition) is 6. The average molecular weight is 446 g/mol. The first-order chi connectivity index (χ1) is 13.6. The minimum absolute atomic E-state index is 0.0222. The molecule has 9 nitrogen and oxygen atoms in total. The number of rotatable bonds is 7. The summed E-state index contributed by atoms with van der Waals surface area (Å²) in [6.07, 6.45) is 0.364. The van der Waals surface area contributed by atoms with Gasteiger partial charge in [-0.25, -0.2) is 17.9 Å². The fourth-order valence-electron chi connectivity index (χ4n) is 2.80. The zero-order valence-electron chi connectivity index (χ0n) is 17.4. The molecule has 1 aromatic heterocycles. The number of ether oxygens (including phenoxy) is 1. The van der Waals surface area contributed by atoms with Crippen LogP contribution in [0.15, 0.2) is 26.7 Å². The van der Waals surface area contributed by atoms with Crippen molar-refractivity contribution >= 4 is 33.4 Å². The lowest BCUT2D eigenvalue weighted by Crippen LogP contribution is -2.44. The Morgan fingerprint density at radius 3 is 2.79 bits per heavy atom. The van der Waals surface area contributed by atoms with Gasteiger partial charge in [0.25, 0.3) is 0 Å². The maximum absolute atomic E-state index is 12.1. The normalized spacial score (nSPS) is 18.0. The smallest absolute Gasteiger partial charge is 0.407 e. The van der Waals surface area contributed by atoms with Crippen molar-refractivity contribution in [3.8, 4) is 0 Å². The molecule has 0 aromatic carbocycles. The fourth-order valence-corrected chi connectivity index (χ4v) is 4.86. The second-order valence-electron chi connectivity index (χ2n) is 7.64. The summed E-state index contributed by atoms with van der Waals surface area (Å²) < 4.78 is 32.4. The highest BCUT2D eigenvalue weighted by atomic mass is 32.2. The number of carbonyl (C=O) groups is 1. The molecule has 2 rings (SSSR count). The molecule has 0 bridgehead atoms. The molecule has 1 aliphatic rings. The summed E-state index contributed by atoms with van der Waals surface area (Å²) in [7, 11) is -3.48. The van der Waals surface area contributed by atoms with Crippen LogP contribution < -0.4 is 15.4 Å². The second-order valence-corrected chi connectivity index (χ2v) is 10.6. The molecule has 1 amide bonds. The summed E-state index contributed by atoms with van der Waals surface area (Å²) >= 11 is 1.18. The average Bonchev–Trinajstić information content (AvgIpc) is 3.28. The lowest BCUT2D eigenvalue weighted by atomic mass is 10.2. The predicted molar refractivity (Wildman–Crippen MR) is 115 cm³/mol. The monoisotopic (exact) mass is 445 g/mol. The number of likely N-dealkylation sites (tertiary alicyclic amines) is 1. The second kappa shape index (κ2) is 10.3. The number of hydrogen-bond donors (Lipinski definition) is 3. The van der Waals surface area contributed by atoms with Crippen LogP contribution in [0.4, 0.5) is 4.79 Å². The van der Waals surface area contributed by atoms with Gasteiger partial charge in [0.2, 0.25) is 10.0 Å². The van der Waals surface area contributed by atoms with Gasteiger partial charge in [-0.15, -0.1) is 11.3 Å². The molecule has 1 aliphatic heterocycles. The van der Waals surface area contributed by atoms with Crippen LogP contribution >= 0.6 is 11.3 Å². The van der Waals surface area contributed by atoms with Crippen LogP contribution in [-0.2, 0) is 14.8 Å². The maximum atomic E-state index is 12.1. The molecule has 0 radical (unpaired) electrons. The van der Waals surface area contributed by atoms with Gasteiger partial charge in [-0.3, -0.25) is 4.99 Å². The molecule has 1 aromatic rings. The Labute approximate surface area is 177 Å². The van der Waals surface area contributed by atoms with E-state index in [1.165, 1.54) is 11.3 Å². The molecule has 3 N–H and O–H groups in total. The molecular formula is C18H31N5O4S2. The van der Waals surface area contributed by atoms with Crippen molar-refractivity contribution in [2.45, 2.75) is 50.0 Å². The molecule has 0 aliphatic carbocycles. The van der Waals surface area contributed by atoms with Crippen LogP contribution in [0.5, 0.6) is 0 Å². The molecule has 1 unspecified atom stereocenters. The number of alkyl carbamates (subject to hydrolysis) is 1.